The highest BCUT2D eigenvalue weighted by molar-refractivity contribution is 5.95. The molecule has 30 heavy (non-hydrogen) atoms. The largest absolute Gasteiger partial charge is 0.481 e. The molecule has 0 aromatic heterocycles. The third kappa shape index (κ3) is 7.33. The van der Waals surface area contributed by atoms with Crippen LogP contribution in [-0.2, 0) is 19.1 Å². The van der Waals surface area contributed by atoms with Crippen LogP contribution in [0.15, 0.2) is 23.8 Å². The van der Waals surface area contributed by atoms with Gasteiger partial charge >= 0.3 is 17.9 Å². The lowest BCUT2D eigenvalue weighted by Gasteiger charge is -2.34. The summed E-state index contributed by atoms with van der Waals surface area (Å²) >= 11 is 0. The zero-order chi connectivity index (χ0) is 22.6. The molecule has 1 aliphatic rings. The predicted octanol–water partition coefficient (Wildman–Crippen LogP) is 4.63. The topological polar surface area (TPSA) is 125 Å². The van der Waals surface area contributed by atoms with Crippen LogP contribution in [0.2, 0.25) is 0 Å². The first-order valence-electron chi connectivity index (χ1n) is 10.8. The molecule has 3 atom stereocenters. The molecule has 3 unspecified atom stereocenters. The molecule has 166 valence electrons. The number of nitrogens with zero attached hydrogens (tertiary/aromatic N) is 1. The van der Waals surface area contributed by atoms with Crippen molar-refractivity contribution in [1.82, 2.24) is 0 Å². The highest BCUT2D eigenvalue weighted by atomic mass is 16.5. The molecule has 0 saturated heterocycles. The Morgan fingerprint density at radius 3 is 2.17 bits per heavy atom. The number of hydrogen-bond donors (Lipinski definition) is 2. The van der Waals surface area contributed by atoms with Crippen molar-refractivity contribution in [3.05, 3.63) is 23.8 Å². The smallest absolute Gasteiger partial charge is 0.335 e. The Morgan fingerprint density at radius 2 is 1.67 bits per heavy atom. The third-order valence-electron chi connectivity index (χ3n) is 5.50. The number of unbranched alkanes of at least 4 members (excludes halogenated alkanes) is 8. The van der Waals surface area contributed by atoms with Gasteiger partial charge in [0, 0.05) is 0 Å². The number of ether oxygens (including phenoxy) is 1. The first-order chi connectivity index (χ1) is 14.3. The van der Waals surface area contributed by atoms with Gasteiger partial charge in [-0.15, -0.1) is 0 Å². The Labute approximate surface area is 178 Å². The minimum absolute atomic E-state index is 0.125. The Balaban J connectivity index is 2.83. The quantitative estimate of drug-likeness (QED) is 0.310. The van der Waals surface area contributed by atoms with Crippen molar-refractivity contribution in [3.8, 4) is 6.07 Å². The maximum absolute atomic E-state index is 12.6. The average Bonchev–Trinajstić information content (AvgIpc) is 2.71. The molecule has 0 heterocycles. The van der Waals surface area contributed by atoms with Gasteiger partial charge in [0.15, 0.2) is 6.10 Å². The maximum Gasteiger partial charge on any atom is 0.335 e. The molecule has 0 radical (unpaired) electrons. The molecule has 0 aromatic rings. The summed E-state index contributed by atoms with van der Waals surface area (Å²) in [4.78, 5) is 36.2. The van der Waals surface area contributed by atoms with Crippen LogP contribution in [0.3, 0.4) is 0 Å². The van der Waals surface area contributed by atoms with Gasteiger partial charge in [0.1, 0.15) is 11.5 Å². The van der Waals surface area contributed by atoms with E-state index in [0.717, 1.165) is 31.8 Å². The van der Waals surface area contributed by atoms with E-state index in [1.807, 2.05) is 0 Å². The molecule has 0 aliphatic heterocycles. The molecular weight excluding hydrogens is 386 g/mol. The monoisotopic (exact) mass is 419 g/mol. The first-order valence-corrected chi connectivity index (χ1v) is 10.8. The number of aliphatic carboxylic acids is 2. The van der Waals surface area contributed by atoms with Crippen molar-refractivity contribution in [2.45, 2.75) is 84.2 Å². The lowest BCUT2D eigenvalue weighted by atomic mass is 9.68. The zero-order valence-electron chi connectivity index (χ0n) is 17.9. The Morgan fingerprint density at radius 1 is 1.10 bits per heavy atom. The number of hydrogen-bond acceptors (Lipinski definition) is 5. The fourth-order valence-corrected chi connectivity index (χ4v) is 3.74. The Bertz CT molecular complexity index is 705. The van der Waals surface area contributed by atoms with Gasteiger partial charge in [0.05, 0.1) is 11.5 Å². The summed E-state index contributed by atoms with van der Waals surface area (Å²) < 4.78 is 5.04. The minimum atomic E-state index is -1.70. The van der Waals surface area contributed by atoms with Crippen LogP contribution in [0, 0.1) is 22.7 Å². The van der Waals surface area contributed by atoms with Crippen LogP contribution in [0.25, 0.3) is 0 Å². The molecule has 0 spiro atoms. The van der Waals surface area contributed by atoms with Crippen molar-refractivity contribution in [1.29, 1.82) is 5.26 Å². The molecule has 0 saturated carbocycles. The molecule has 0 fully saturated rings. The molecule has 0 aromatic carbocycles. The van der Waals surface area contributed by atoms with Crippen LogP contribution in [0.1, 0.15) is 78.1 Å². The fourth-order valence-electron chi connectivity index (χ4n) is 3.74. The summed E-state index contributed by atoms with van der Waals surface area (Å²) in [5, 5.41) is 28.2. The van der Waals surface area contributed by atoms with Crippen LogP contribution in [0.4, 0.5) is 0 Å². The molecule has 1 rings (SSSR count). The summed E-state index contributed by atoms with van der Waals surface area (Å²) in [6.07, 6.45) is 12.2. The number of nitriles is 1. The molecule has 7 heteroatoms. The van der Waals surface area contributed by atoms with Crippen molar-refractivity contribution < 1.29 is 29.3 Å². The number of carbonyl (C=O) groups is 3. The van der Waals surface area contributed by atoms with E-state index >= 15 is 0 Å². The van der Waals surface area contributed by atoms with Gasteiger partial charge < -0.3 is 14.9 Å². The van der Waals surface area contributed by atoms with E-state index in [1.54, 1.807) is 6.07 Å². The summed E-state index contributed by atoms with van der Waals surface area (Å²) in [6.45, 7) is 3.57. The van der Waals surface area contributed by atoms with Gasteiger partial charge in [-0.1, -0.05) is 82.9 Å². The van der Waals surface area contributed by atoms with Crippen LogP contribution in [0.5, 0.6) is 0 Å². The highest BCUT2D eigenvalue weighted by Gasteiger charge is 2.49. The van der Waals surface area contributed by atoms with Gasteiger partial charge in [-0.2, -0.15) is 5.26 Å². The summed E-state index contributed by atoms with van der Waals surface area (Å²) in [5.74, 6) is -4.53. The van der Waals surface area contributed by atoms with Gasteiger partial charge in [0.2, 0.25) is 0 Å². The van der Waals surface area contributed by atoms with E-state index in [9.17, 15) is 24.6 Å². The van der Waals surface area contributed by atoms with Gasteiger partial charge in [-0.3, -0.25) is 9.59 Å². The van der Waals surface area contributed by atoms with E-state index in [2.05, 4.69) is 6.92 Å². The average molecular weight is 420 g/mol. The van der Waals surface area contributed by atoms with Gasteiger partial charge in [-0.05, 0) is 13.3 Å². The molecule has 0 bridgehead atoms. The lowest BCUT2D eigenvalue weighted by Crippen LogP contribution is -2.43. The molecule has 1 aliphatic carbocycles. The lowest BCUT2D eigenvalue weighted by molar-refractivity contribution is -0.162. The number of carboxylic acid groups (broad SMARTS) is 2. The Hall–Kier alpha value is -2.62. The Kier molecular flexibility index (Phi) is 10.9. The molecule has 0 amide bonds. The van der Waals surface area contributed by atoms with Crippen molar-refractivity contribution in [2.24, 2.45) is 11.3 Å². The number of esters is 1. The van der Waals surface area contributed by atoms with Crippen LogP contribution >= 0.6 is 0 Å². The van der Waals surface area contributed by atoms with E-state index in [4.69, 9.17) is 10.00 Å². The summed E-state index contributed by atoms with van der Waals surface area (Å²) in [6, 6.07) is 1.78. The van der Waals surface area contributed by atoms with Gasteiger partial charge in [-0.25, -0.2) is 4.79 Å². The van der Waals surface area contributed by atoms with E-state index in [1.165, 1.54) is 44.8 Å². The minimum Gasteiger partial charge on any atom is -0.481 e. The second-order valence-electron chi connectivity index (χ2n) is 7.87. The van der Waals surface area contributed by atoms with E-state index in [0.29, 0.717) is 6.42 Å². The van der Waals surface area contributed by atoms with Crippen LogP contribution in [-0.4, -0.2) is 34.2 Å². The second kappa shape index (κ2) is 12.8. The fraction of sp³-hybridized carbons (Fsp3) is 0.652. The molecule has 7 nitrogen and oxygen atoms in total. The van der Waals surface area contributed by atoms with Crippen molar-refractivity contribution in [3.63, 3.8) is 0 Å². The zero-order valence-corrected chi connectivity index (χ0v) is 17.9. The SMILES string of the molecule is CCCCCCCCCCCC1(C(=O)O)C=C(C(=O)O)C=CC1C(=O)OC(C)C#N. The van der Waals surface area contributed by atoms with Crippen molar-refractivity contribution in [2.75, 3.05) is 0 Å². The van der Waals surface area contributed by atoms with E-state index < -0.39 is 35.3 Å². The number of carbonyl (C=O) groups excluding carboxylic acids is 1. The number of rotatable bonds is 14. The first kappa shape index (κ1) is 25.4. The molecular formula is C23H33NO6. The predicted molar refractivity (Wildman–Crippen MR) is 111 cm³/mol. The number of carboxylic acids is 2. The second-order valence-corrected chi connectivity index (χ2v) is 7.87. The summed E-state index contributed by atoms with van der Waals surface area (Å²) in [5.41, 5.74) is -1.86. The van der Waals surface area contributed by atoms with E-state index in [-0.39, 0.29) is 12.0 Å². The highest BCUT2D eigenvalue weighted by Crippen LogP contribution is 2.42. The standard InChI is InChI=1S/C23H33NO6/c1-3-4-5-6-7-8-9-10-11-14-23(22(28)29)15-18(20(25)26)12-13-19(23)21(27)30-17(2)16-24/h12-13,15,17,19H,3-11,14H2,1-2H3,(H,25,26)(H,28,29). The summed E-state index contributed by atoms with van der Waals surface area (Å²) in [7, 11) is 0. The third-order valence-corrected chi connectivity index (χ3v) is 5.50. The van der Waals surface area contributed by atoms with Crippen LogP contribution < -0.4 is 0 Å². The maximum atomic E-state index is 12.6. The van der Waals surface area contributed by atoms with Gasteiger partial charge in [0.25, 0.3) is 0 Å². The van der Waals surface area contributed by atoms with Crippen molar-refractivity contribution >= 4 is 17.9 Å². The normalized spacial score (nSPS) is 21.4. The molecule has 2 N–H and O–H groups in total.